The Balaban J connectivity index is 1.35. The van der Waals surface area contributed by atoms with Gasteiger partial charge in [-0.2, -0.15) is 0 Å². The van der Waals surface area contributed by atoms with Crippen molar-refractivity contribution >= 4 is 33.7 Å². The number of aldehydes is 1. The molecule has 7 heteroatoms. The van der Waals surface area contributed by atoms with Gasteiger partial charge in [0.15, 0.2) is 0 Å². The molecule has 3 heterocycles. The van der Waals surface area contributed by atoms with Gasteiger partial charge in [-0.3, -0.25) is 9.59 Å². The SMILES string of the molecule is CC(C)(C)[C@H]1CCc2nc3sc(C(=O)N[C@H](CC=O)c4ccc(-c5ccc(=O)[nH]c5)cc4)cc3cc2C1. The van der Waals surface area contributed by atoms with E-state index in [0.29, 0.717) is 10.8 Å². The number of amides is 1. The van der Waals surface area contributed by atoms with Gasteiger partial charge < -0.3 is 15.1 Å². The number of hydrogen-bond acceptors (Lipinski definition) is 5. The van der Waals surface area contributed by atoms with Crippen LogP contribution in [-0.2, 0) is 17.6 Å². The number of nitrogens with one attached hydrogen (secondary N) is 2. The quantitative estimate of drug-likeness (QED) is 0.316. The van der Waals surface area contributed by atoms with Crippen LogP contribution in [0.2, 0.25) is 0 Å². The van der Waals surface area contributed by atoms with E-state index < -0.39 is 6.04 Å². The minimum absolute atomic E-state index is 0.153. The number of aromatic amines is 1. The zero-order chi connectivity index (χ0) is 26.2. The Kier molecular flexibility index (Phi) is 6.82. The van der Waals surface area contributed by atoms with E-state index in [4.69, 9.17) is 4.98 Å². The van der Waals surface area contributed by atoms with Crippen molar-refractivity contribution in [1.82, 2.24) is 15.3 Å². The second-order valence-corrected chi connectivity index (χ2v) is 11.9. The average Bonchev–Trinajstić information content (AvgIpc) is 3.30. The molecule has 190 valence electrons. The molecule has 0 fully saturated rings. The molecule has 1 aliphatic rings. The van der Waals surface area contributed by atoms with Gasteiger partial charge in [0.2, 0.25) is 5.56 Å². The summed E-state index contributed by atoms with van der Waals surface area (Å²) in [5, 5.41) is 4.04. The molecule has 0 radical (unpaired) electrons. The minimum atomic E-state index is -0.437. The number of carbonyl (C=O) groups excluding carboxylic acids is 2. The van der Waals surface area contributed by atoms with E-state index in [2.05, 4.69) is 37.1 Å². The van der Waals surface area contributed by atoms with E-state index >= 15 is 0 Å². The molecule has 1 aliphatic carbocycles. The Morgan fingerprint density at radius 2 is 1.92 bits per heavy atom. The fraction of sp³-hybridized carbons (Fsp3) is 0.333. The van der Waals surface area contributed by atoms with Gasteiger partial charge in [0.05, 0.1) is 10.9 Å². The lowest BCUT2D eigenvalue weighted by molar-refractivity contribution is -0.108. The molecule has 3 aromatic heterocycles. The third-order valence-corrected chi connectivity index (χ3v) is 8.43. The largest absolute Gasteiger partial charge is 0.344 e. The van der Waals surface area contributed by atoms with Gasteiger partial charge in [-0.1, -0.05) is 45.0 Å². The van der Waals surface area contributed by atoms with Crippen LogP contribution in [-0.4, -0.2) is 22.2 Å². The van der Waals surface area contributed by atoms with Gasteiger partial charge >= 0.3 is 0 Å². The Morgan fingerprint density at radius 1 is 1.16 bits per heavy atom. The summed E-state index contributed by atoms with van der Waals surface area (Å²) >= 11 is 1.40. The highest BCUT2D eigenvalue weighted by Crippen LogP contribution is 2.38. The third-order valence-electron chi connectivity index (χ3n) is 7.39. The highest BCUT2D eigenvalue weighted by atomic mass is 32.1. The number of aryl methyl sites for hydroxylation is 1. The molecule has 0 spiro atoms. The summed E-state index contributed by atoms with van der Waals surface area (Å²) < 4.78 is 0. The number of fused-ring (bicyclic) bond motifs is 2. The highest BCUT2D eigenvalue weighted by Gasteiger charge is 2.30. The molecule has 0 saturated heterocycles. The van der Waals surface area contributed by atoms with Crippen molar-refractivity contribution in [3.05, 3.63) is 86.8 Å². The molecular weight excluding hydrogens is 482 g/mol. The molecule has 4 aromatic rings. The monoisotopic (exact) mass is 513 g/mol. The molecule has 0 unspecified atom stereocenters. The van der Waals surface area contributed by atoms with Crippen molar-refractivity contribution in [1.29, 1.82) is 0 Å². The first-order valence-electron chi connectivity index (χ1n) is 12.7. The molecule has 1 aromatic carbocycles. The molecule has 2 atom stereocenters. The maximum Gasteiger partial charge on any atom is 0.261 e. The van der Waals surface area contributed by atoms with Crippen LogP contribution in [0.1, 0.15) is 66.1 Å². The standard InChI is InChI=1S/C30H31N3O3S/c1-30(2,3)23-9-10-24-21(15-23)14-22-16-26(37-29(22)33-24)28(36)32-25(12-13-34)19-6-4-18(5-7-19)20-8-11-27(35)31-17-20/h4-8,11,13-14,16-17,23,25H,9-10,12,15H2,1-3H3,(H,31,35)(H,32,36)/t23-,25+/m0/s1. The van der Waals surface area contributed by atoms with Crippen LogP contribution < -0.4 is 10.9 Å². The Morgan fingerprint density at radius 3 is 2.59 bits per heavy atom. The van der Waals surface area contributed by atoms with E-state index in [-0.39, 0.29) is 23.3 Å². The summed E-state index contributed by atoms with van der Waals surface area (Å²) in [6.07, 6.45) is 5.81. The van der Waals surface area contributed by atoms with Crippen molar-refractivity contribution in [2.24, 2.45) is 11.3 Å². The molecule has 0 aliphatic heterocycles. The normalized spacial score (nSPS) is 16.2. The van der Waals surface area contributed by atoms with Gasteiger partial charge in [0, 0.05) is 29.8 Å². The van der Waals surface area contributed by atoms with Crippen LogP contribution >= 0.6 is 11.3 Å². The molecule has 6 nitrogen and oxygen atoms in total. The second-order valence-electron chi connectivity index (χ2n) is 10.9. The van der Waals surface area contributed by atoms with Gasteiger partial charge in [-0.15, -0.1) is 11.3 Å². The van der Waals surface area contributed by atoms with Crippen molar-refractivity contribution < 1.29 is 9.59 Å². The molecule has 1 amide bonds. The Labute approximate surface area is 220 Å². The molecule has 2 N–H and O–H groups in total. The number of pyridine rings is 2. The summed E-state index contributed by atoms with van der Waals surface area (Å²) in [6.45, 7) is 6.90. The maximum absolute atomic E-state index is 13.2. The molecule has 37 heavy (non-hydrogen) atoms. The van der Waals surface area contributed by atoms with Gasteiger partial charge in [0.25, 0.3) is 5.91 Å². The molecule has 0 bridgehead atoms. The van der Waals surface area contributed by atoms with Crippen molar-refractivity contribution in [3.63, 3.8) is 0 Å². The maximum atomic E-state index is 13.2. The minimum Gasteiger partial charge on any atom is -0.344 e. The van der Waals surface area contributed by atoms with E-state index in [1.165, 1.54) is 23.0 Å². The van der Waals surface area contributed by atoms with Crippen LogP contribution in [0.15, 0.2) is 59.5 Å². The number of hydrogen-bond donors (Lipinski definition) is 2. The van der Waals surface area contributed by atoms with Gasteiger partial charge in [-0.05, 0) is 71.0 Å². The number of H-pyrrole nitrogens is 1. The van der Waals surface area contributed by atoms with Crippen LogP contribution in [0, 0.1) is 11.3 Å². The summed E-state index contributed by atoms with van der Waals surface area (Å²) in [4.78, 5) is 45.0. The smallest absolute Gasteiger partial charge is 0.261 e. The van der Waals surface area contributed by atoms with Crippen molar-refractivity contribution in [3.8, 4) is 11.1 Å². The predicted molar refractivity (Wildman–Crippen MR) is 148 cm³/mol. The zero-order valence-electron chi connectivity index (χ0n) is 21.3. The summed E-state index contributed by atoms with van der Waals surface area (Å²) in [7, 11) is 0. The number of nitrogens with zero attached hydrogens (tertiary/aromatic N) is 1. The fourth-order valence-corrected chi connectivity index (χ4v) is 6.01. The topological polar surface area (TPSA) is 91.9 Å². The summed E-state index contributed by atoms with van der Waals surface area (Å²) in [6, 6.07) is 14.6. The first kappa shape index (κ1) is 25.1. The lowest BCUT2D eigenvalue weighted by atomic mass is 9.71. The predicted octanol–water partition coefficient (Wildman–Crippen LogP) is 5.86. The second kappa shape index (κ2) is 10.1. The van der Waals surface area contributed by atoms with E-state index in [9.17, 15) is 14.4 Å². The fourth-order valence-electron chi connectivity index (χ4n) is 5.08. The number of thiophene rings is 1. The van der Waals surface area contributed by atoms with Crippen LogP contribution in [0.5, 0.6) is 0 Å². The number of aromatic nitrogens is 2. The highest BCUT2D eigenvalue weighted by molar-refractivity contribution is 7.20. The van der Waals surface area contributed by atoms with Crippen molar-refractivity contribution in [2.75, 3.05) is 0 Å². The van der Waals surface area contributed by atoms with E-state index in [1.807, 2.05) is 30.3 Å². The first-order valence-corrected chi connectivity index (χ1v) is 13.5. The summed E-state index contributed by atoms with van der Waals surface area (Å²) in [5.74, 6) is 0.422. The van der Waals surface area contributed by atoms with E-state index in [0.717, 1.165) is 58.1 Å². The lowest BCUT2D eigenvalue weighted by Gasteiger charge is -2.34. The number of rotatable bonds is 6. The van der Waals surface area contributed by atoms with Crippen molar-refractivity contribution in [2.45, 2.75) is 52.5 Å². The van der Waals surface area contributed by atoms with Crippen LogP contribution in [0.4, 0.5) is 0 Å². The Bertz CT molecular complexity index is 1490. The van der Waals surface area contributed by atoms with Crippen LogP contribution in [0.25, 0.3) is 21.3 Å². The first-order chi connectivity index (χ1) is 17.7. The summed E-state index contributed by atoms with van der Waals surface area (Å²) in [5.41, 5.74) is 5.23. The van der Waals surface area contributed by atoms with Crippen LogP contribution in [0.3, 0.4) is 0 Å². The Hall–Kier alpha value is -3.58. The van der Waals surface area contributed by atoms with Gasteiger partial charge in [0.1, 0.15) is 11.1 Å². The average molecular weight is 514 g/mol. The number of benzene rings is 1. The molecular formula is C30H31N3O3S. The molecule has 0 saturated carbocycles. The lowest BCUT2D eigenvalue weighted by Crippen LogP contribution is -2.28. The molecule has 5 rings (SSSR count). The van der Waals surface area contributed by atoms with E-state index in [1.54, 1.807) is 12.3 Å². The van der Waals surface area contributed by atoms with Gasteiger partial charge in [-0.25, -0.2) is 4.98 Å². The zero-order valence-corrected chi connectivity index (χ0v) is 22.2. The number of carbonyl (C=O) groups is 2. The third kappa shape index (κ3) is 5.42.